The van der Waals surface area contributed by atoms with Crippen molar-refractivity contribution in [3.63, 3.8) is 0 Å². The number of piperidine rings is 1. The van der Waals surface area contributed by atoms with Crippen LogP contribution in [0.3, 0.4) is 0 Å². The monoisotopic (exact) mass is 810 g/mol. The zero-order valence-electron chi connectivity index (χ0n) is 31.4. The lowest BCUT2D eigenvalue weighted by molar-refractivity contribution is -0.138. The highest BCUT2D eigenvalue weighted by atomic mass is 32.1. The first-order valence-electron chi connectivity index (χ1n) is 18.3. The van der Waals surface area contributed by atoms with E-state index in [2.05, 4.69) is 38.4 Å². The number of halogens is 4. The lowest BCUT2D eigenvalue weighted by Crippen LogP contribution is -2.54. The molecule has 3 atom stereocenters. The van der Waals surface area contributed by atoms with E-state index >= 15 is 4.39 Å². The van der Waals surface area contributed by atoms with Gasteiger partial charge in [0.2, 0.25) is 17.7 Å². The van der Waals surface area contributed by atoms with E-state index in [0.717, 1.165) is 17.0 Å². The van der Waals surface area contributed by atoms with Gasteiger partial charge in [0.25, 0.3) is 5.91 Å². The van der Waals surface area contributed by atoms with Crippen molar-refractivity contribution >= 4 is 59.0 Å². The van der Waals surface area contributed by atoms with E-state index in [9.17, 15) is 37.6 Å². The minimum atomic E-state index is -4.83. The number of amides is 4. The molecule has 3 fully saturated rings. The van der Waals surface area contributed by atoms with Crippen molar-refractivity contribution in [2.45, 2.75) is 62.9 Å². The second-order valence-corrected chi connectivity index (χ2v) is 15.1. The number of anilines is 4. The first-order chi connectivity index (χ1) is 27.0. The molecule has 0 aromatic heterocycles. The van der Waals surface area contributed by atoms with Gasteiger partial charge in [-0.2, -0.15) is 18.4 Å². The molecule has 3 aromatic carbocycles. The average molecular weight is 811 g/mol. The van der Waals surface area contributed by atoms with E-state index in [0.29, 0.717) is 44.0 Å². The molecule has 0 bridgehead atoms. The first-order valence-corrected chi connectivity index (χ1v) is 18.8. The zero-order chi connectivity index (χ0) is 41.2. The number of rotatable bonds is 11. The van der Waals surface area contributed by atoms with E-state index in [-0.39, 0.29) is 60.5 Å². The number of alkyl halides is 3. The highest BCUT2D eigenvalue weighted by molar-refractivity contribution is 7.81. The highest BCUT2D eigenvalue weighted by Gasteiger charge is 2.52. The summed E-state index contributed by atoms with van der Waals surface area (Å²) in [7, 11) is 0. The molecular weight excluding hydrogens is 769 g/mol. The Morgan fingerprint density at radius 2 is 1.79 bits per heavy atom. The Hall–Kier alpha value is -5.38. The number of benzene rings is 3. The molecule has 13 nitrogen and oxygen atoms in total. The fraction of sp³-hybridized carbons (Fsp3) is 0.410. The van der Waals surface area contributed by atoms with Crippen LogP contribution in [-0.2, 0) is 25.4 Å². The summed E-state index contributed by atoms with van der Waals surface area (Å²) in [5.74, 6) is -2.16. The van der Waals surface area contributed by atoms with Crippen molar-refractivity contribution in [3.05, 3.63) is 77.6 Å². The molecule has 3 N–H and O–H groups in total. The number of imide groups is 1. The van der Waals surface area contributed by atoms with Gasteiger partial charge < -0.3 is 20.3 Å². The Labute approximate surface area is 332 Å². The minimum absolute atomic E-state index is 0.0173. The van der Waals surface area contributed by atoms with Crippen LogP contribution in [0.1, 0.15) is 44.7 Å². The van der Waals surface area contributed by atoms with Crippen LogP contribution in [0.5, 0.6) is 5.75 Å². The standard InChI is InChI=1S/C39H42F4N8O5S/c1-23-21-48(13-14-49(23)22-34(53)46-26-6-4-5-25(17-26)45-31-10-12-33(52)47-35(31)54)15-16-56-32-11-9-28(19-30(32)40)51-37(57)50(36(55)38(51,2)3)27-8-7-24(20-44)29(18-27)39(41,42)43/h4-9,11,17-19,23,31,37,45,57H,10,12-16,21-22H2,1-3H3,(H,46,53)(H,47,52,54)/t23-,31?,37+/m1/s1. The van der Waals surface area contributed by atoms with Gasteiger partial charge in [0.05, 0.1) is 23.7 Å². The summed E-state index contributed by atoms with van der Waals surface area (Å²) in [6.07, 6.45) is -4.20. The van der Waals surface area contributed by atoms with Crippen LogP contribution >= 0.6 is 12.6 Å². The van der Waals surface area contributed by atoms with Gasteiger partial charge in [0.15, 0.2) is 17.1 Å². The number of hydrogen-bond acceptors (Lipinski definition) is 11. The molecule has 3 aromatic rings. The largest absolute Gasteiger partial charge is 0.489 e. The first kappa shape index (κ1) is 41.3. The Kier molecular flexibility index (Phi) is 12.0. The topological polar surface area (TPSA) is 150 Å². The maximum atomic E-state index is 15.5. The second kappa shape index (κ2) is 16.6. The Morgan fingerprint density at radius 3 is 2.47 bits per heavy atom. The maximum absolute atomic E-state index is 15.5. The van der Waals surface area contributed by atoms with Gasteiger partial charge in [-0.3, -0.25) is 39.2 Å². The number of thiol groups is 1. The van der Waals surface area contributed by atoms with Crippen molar-refractivity contribution in [3.8, 4) is 11.8 Å². The van der Waals surface area contributed by atoms with Gasteiger partial charge in [-0.25, -0.2) is 4.39 Å². The third-order valence-corrected chi connectivity index (χ3v) is 10.8. The summed E-state index contributed by atoms with van der Waals surface area (Å²) in [5, 5.41) is 17.5. The molecule has 3 aliphatic heterocycles. The van der Waals surface area contributed by atoms with Gasteiger partial charge in [-0.05, 0) is 75.7 Å². The third-order valence-electron chi connectivity index (χ3n) is 10.3. The highest BCUT2D eigenvalue weighted by Crippen LogP contribution is 2.43. The molecule has 18 heteroatoms. The predicted octanol–water partition coefficient (Wildman–Crippen LogP) is 4.80. The molecule has 302 valence electrons. The fourth-order valence-electron chi connectivity index (χ4n) is 7.28. The molecule has 3 aliphatic rings. The van der Waals surface area contributed by atoms with Crippen LogP contribution in [0.15, 0.2) is 60.7 Å². The number of nitrogens with zero attached hydrogens (tertiary/aromatic N) is 5. The van der Waals surface area contributed by atoms with Gasteiger partial charge in [0, 0.05) is 67.5 Å². The molecule has 0 saturated carbocycles. The summed E-state index contributed by atoms with van der Waals surface area (Å²) in [6.45, 7) is 7.87. The number of piperazine rings is 1. The fourth-order valence-corrected chi connectivity index (χ4v) is 7.94. The molecule has 0 radical (unpaired) electrons. The normalized spacial score (nSPS) is 21.6. The lowest BCUT2D eigenvalue weighted by atomic mass is 10.0. The molecule has 1 unspecified atom stereocenters. The number of carbonyl (C=O) groups is 4. The van der Waals surface area contributed by atoms with Crippen molar-refractivity contribution in [2.24, 2.45) is 0 Å². The molecule has 0 spiro atoms. The van der Waals surface area contributed by atoms with Crippen molar-refractivity contribution < 1.29 is 41.5 Å². The summed E-state index contributed by atoms with van der Waals surface area (Å²) >= 11 is 4.57. The van der Waals surface area contributed by atoms with Crippen LogP contribution in [0.4, 0.5) is 40.3 Å². The maximum Gasteiger partial charge on any atom is 0.417 e. The van der Waals surface area contributed by atoms with E-state index < -0.39 is 46.1 Å². The van der Waals surface area contributed by atoms with Crippen LogP contribution in [0, 0.1) is 17.1 Å². The summed E-state index contributed by atoms with van der Waals surface area (Å²) in [6, 6.07) is 15.2. The summed E-state index contributed by atoms with van der Waals surface area (Å²) < 4.78 is 62.4. The van der Waals surface area contributed by atoms with Gasteiger partial charge in [-0.1, -0.05) is 6.07 Å². The SMILES string of the molecule is C[C@@H]1CN(CCOc2ccc(N3[C@@H](S)N(c4ccc(C#N)c(C(F)(F)F)c4)C(=O)C3(C)C)cc2F)CCN1CC(=O)Nc1cccc(NC2CCC(=O)NC2=O)c1. The predicted molar refractivity (Wildman–Crippen MR) is 207 cm³/mol. The van der Waals surface area contributed by atoms with Crippen LogP contribution < -0.4 is 30.5 Å². The van der Waals surface area contributed by atoms with Crippen molar-refractivity contribution in [1.29, 1.82) is 5.26 Å². The molecule has 3 heterocycles. The van der Waals surface area contributed by atoms with E-state index in [1.165, 1.54) is 29.2 Å². The summed E-state index contributed by atoms with van der Waals surface area (Å²) in [4.78, 5) is 56.9. The Bertz CT molecular complexity index is 2100. The number of hydrogen-bond donors (Lipinski definition) is 4. The Balaban J connectivity index is 0.992. The molecule has 0 aliphatic carbocycles. The molecule has 6 rings (SSSR count). The van der Waals surface area contributed by atoms with Crippen LogP contribution in [-0.4, -0.2) is 95.9 Å². The van der Waals surface area contributed by atoms with Gasteiger partial charge >= 0.3 is 6.18 Å². The second-order valence-electron chi connectivity index (χ2n) is 14.7. The smallest absolute Gasteiger partial charge is 0.417 e. The molecule has 57 heavy (non-hydrogen) atoms. The number of nitriles is 1. The molecule has 4 amide bonds. The quantitative estimate of drug-likeness (QED) is 0.121. The third kappa shape index (κ3) is 9.11. The van der Waals surface area contributed by atoms with Gasteiger partial charge in [-0.15, -0.1) is 12.6 Å². The van der Waals surface area contributed by atoms with Crippen molar-refractivity contribution in [1.82, 2.24) is 15.1 Å². The number of ether oxygens (including phenoxy) is 1. The van der Waals surface area contributed by atoms with Crippen LogP contribution in [0.2, 0.25) is 0 Å². The van der Waals surface area contributed by atoms with Crippen molar-refractivity contribution in [2.75, 3.05) is 59.8 Å². The number of carbonyl (C=O) groups excluding carboxylic acids is 4. The molecular formula is C39H42F4N8O5S. The molecule has 3 saturated heterocycles. The zero-order valence-corrected chi connectivity index (χ0v) is 32.3. The van der Waals surface area contributed by atoms with Gasteiger partial charge in [0.1, 0.15) is 18.2 Å². The average Bonchev–Trinajstić information content (AvgIpc) is 3.32. The lowest BCUT2D eigenvalue weighted by Gasteiger charge is -2.39. The number of nitrogens with one attached hydrogen (secondary N) is 3. The van der Waals surface area contributed by atoms with E-state index in [4.69, 9.17) is 4.74 Å². The van der Waals surface area contributed by atoms with E-state index in [1.54, 1.807) is 44.2 Å². The van der Waals surface area contributed by atoms with Crippen LogP contribution in [0.25, 0.3) is 0 Å². The summed E-state index contributed by atoms with van der Waals surface area (Å²) in [5.41, 5.74) is -2.82. The van der Waals surface area contributed by atoms with E-state index in [1.807, 2.05) is 6.92 Å². The minimum Gasteiger partial charge on any atom is -0.489 e. The Morgan fingerprint density at radius 1 is 1.05 bits per heavy atom.